The SMILES string of the molecule is CC(C)(C)C1=NC(=[N+]2CCOCC2)S/C1=C1\C(=O)C(c2sc(N3CCOCC3)nc2C(C)(C)C)=C1[O-]. The number of aliphatic imine (C=N–C) groups is 1. The number of allylic oxidation sites excluding steroid dienone is 3. The molecular formula is C26H34N4O4S2. The van der Waals surface area contributed by atoms with Crippen molar-refractivity contribution in [1.82, 2.24) is 4.98 Å². The molecule has 2 saturated heterocycles. The summed E-state index contributed by atoms with van der Waals surface area (Å²) in [6, 6.07) is 0. The van der Waals surface area contributed by atoms with Gasteiger partial charge in [-0.25, -0.2) is 9.56 Å². The maximum Gasteiger partial charge on any atom is 0.359 e. The summed E-state index contributed by atoms with van der Waals surface area (Å²) in [5.41, 5.74) is 1.55. The monoisotopic (exact) mass is 530 g/mol. The van der Waals surface area contributed by atoms with Crippen LogP contribution in [0, 0.1) is 5.41 Å². The average Bonchev–Trinajstić information content (AvgIpc) is 3.46. The Morgan fingerprint density at radius 1 is 0.944 bits per heavy atom. The minimum absolute atomic E-state index is 0.189. The molecule has 0 atom stereocenters. The minimum Gasteiger partial charge on any atom is -0.871 e. The molecule has 194 valence electrons. The lowest BCUT2D eigenvalue weighted by atomic mass is 9.79. The van der Waals surface area contributed by atoms with E-state index in [0.29, 0.717) is 36.2 Å². The highest BCUT2D eigenvalue weighted by atomic mass is 32.2. The molecule has 3 aliphatic heterocycles. The fraction of sp³-hybridized carbons (Fsp3) is 0.615. The van der Waals surface area contributed by atoms with Crippen LogP contribution in [0.5, 0.6) is 0 Å². The van der Waals surface area contributed by atoms with Gasteiger partial charge in [-0.15, -0.1) is 0 Å². The van der Waals surface area contributed by atoms with Crippen molar-refractivity contribution in [3.8, 4) is 0 Å². The number of anilines is 1. The van der Waals surface area contributed by atoms with Crippen molar-refractivity contribution in [3.05, 3.63) is 26.8 Å². The van der Waals surface area contributed by atoms with Crippen LogP contribution in [0.25, 0.3) is 5.57 Å². The van der Waals surface area contributed by atoms with E-state index in [9.17, 15) is 9.90 Å². The molecule has 0 spiro atoms. The summed E-state index contributed by atoms with van der Waals surface area (Å²) in [5, 5.41) is 15.4. The van der Waals surface area contributed by atoms with Gasteiger partial charge in [0.05, 0.1) is 41.9 Å². The van der Waals surface area contributed by atoms with E-state index in [1.165, 1.54) is 23.1 Å². The summed E-state index contributed by atoms with van der Waals surface area (Å²) in [6.07, 6.45) is 0. The van der Waals surface area contributed by atoms with Crippen LogP contribution in [0.15, 0.2) is 21.2 Å². The Kier molecular flexibility index (Phi) is 6.68. The van der Waals surface area contributed by atoms with Gasteiger partial charge in [-0.1, -0.05) is 58.6 Å². The predicted octanol–water partition coefficient (Wildman–Crippen LogP) is 2.82. The predicted molar refractivity (Wildman–Crippen MR) is 143 cm³/mol. The number of thioether (sulfide) groups is 1. The van der Waals surface area contributed by atoms with E-state index in [1.807, 2.05) is 0 Å². The van der Waals surface area contributed by atoms with Crippen LogP contribution < -0.4 is 10.0 Å². The Hall–Kier alpha value is -2.01. The zero-order chi connectivity index (χ0) is 25.8. The number of carbonyl (C=O) groups excluding carboxylic acids is 1. The van der Waals surface area contributed by atoms with Crippen molar-refractivity contribution in [1.29, 1.82) is 0 Å². The van der Waals surface area contributed by atoms with Crippen LogP contribution in [-0.4, -0.2) is 78.8 Å². The molecule has 8 nitrogen and oxygen atoms in total. The zero-order valence-corrected chi connectivity index (χ0v) is 23.5. The van der Waals surface area contributed by atoms with Gasteiger partial charge in [-0.3, -0.25) is 4.79 Å². The fourth-order valence-corrected chi connectivity index (χ4v) is 7.29. The summed E-state index contributed by atoms with van der Waals surface area (Å²) >= 11 is 2.90. The van der Waals surface area contributed by atoms with Crippen LogP contribution in [0.1, 0.15) is 52.1 Å². The first-order chi connectivity index (χ1) is 17.0. The molecule has 0 N–H and O–H groups in total. The number of hydrogen-bond acceptors (Lipinski definition) is 8. The third kappa shape index (κ3) is 4.57. The number of nitrogens with zero attached hydrogens (tertiary/aromatic N) is 4. The van der Waals surface area contributed by atoms with Crippen molar-refractivity contribution in [2.45, 2.75) is 47.0 Å². The molecule has 1 aromatic rings. The van der Waals surface area contributed by atoms with Gasteiger partial charge < -0.3 is 19.5 Å². The molecule has 2 fully saturated rings. The Labute approximate surface area is 220 Å². The molecule has 4 aliphatic rings. The first-order valence-corrected chi connectivity index (χ1v) is 14.1. The number of carbonyl (C=O) groups is 1. The summed E-state index contributed by atoms with van der Waals surface area (Å²) in [7, 11) is 0. The summed E-state index contributed by atoms with van der Waals surface area (Å²) in [6.45, 7) is 18.1. The molecule has 0 bridgehead atoms. The number of hydrogen-bond donors (Lipinski definition) is 0. The van der Waals surface area contributed by atoms with E-state index in [4.69, 9.17) is 19.5 Å². The average molecular weight is 531 g/mol. The summed E-state index contributed by atoms with van der Waals surface area (Å²) in [5.74, 6) is -0.379. The van der Waals surface area contributed by atoms with E-state index < -0.39 is 0 Å². The third-order valence-corrected chi connectivity index (χ3v) is 8.85. The van der Waals surface area contributed by atoms with E-state index >= 15 is 0 Å². The van der Waals surface area contributed by atoms with Gasteiger partial charge in [0.25, 0.3) is 0 Å². The van der Waals surface area contributed by atoms with Gasteiger partial charge in [-0.05, 0) is 4.99 Å². The van der Waals surface area contributed by atoms with Crippen molar-refractivity contribution in [2.75, 3.05) is 57.5 Å². The Bertz CT molecular complexity index is 1210. The molecule has 0 radical (unpaired) electrons. The highest BCUT2D eigenvalue weighted by Gasteiger charge is 2.45. The summed E-state index contributed by atoms with van der Waals surface area (Å²) < 4.78 is 13.2. The number of rotatable bonds is 2. The standard InChI is InChI=1S/C26H34N4O4S2/c1-25(2,3)21-19(35-23(27-21)29-7-11-33-12-8-29)15-17(31)16(18(15)32)20-22(26(4,5)6)28-24(36-20)30-9-13-34-14-10-30/h7-14H2,1-6H3. The molecule has 0 aromatic carbocycles. The van der Waals surface area contributed by atoms with Crippen molar-refractivity contribution >= 4 is 50.5 Å². The molecule has 0 amide bonds. The van der Waals surface area contributed by atoms with Gasteiger partial charge in [0, 0.05) is 46.8 Å². The second kappa shape index (κ2) is 9.38. The number of ketones is 1. The normalized spacial score (nSPS) is 24.0. The quantitative estimate of drug-likeness (QED) is 0.429. The lowest BCUT2D eigenvalue weighted by Gasteiger charge is -2.33. The van der Waals surface area contributed by atoms with Crippen molar-refractivity contribution in [2.24, 2.45) is 10.4 Å². The van der Waals surface area contributed by atoms with E-state index in [-0.39, 0.29) is 33.5 Å². The first kappa shape index (κ1) is 25.6. The topological polar surface area (TPSA) is 90.1 Å². The number of amidine groups is 1. The van der Waals surface area contributed by atoms with Crippen LogP contribution in [-0.2, 0) is 19.7 Å². The molecule has 0 unspecified atom stereocenters. The Morgan fingerprint density at radius 3 is 2.17 bits per heavy atom. The number of thiazole rings is 1. The fourth-order valence-electron chi connectivity index (χ4n) is 4.56. The van der Waals surface area contributed by atoms with Crippen LogP contribution >= 0.6 is 23.1 Å². The summed E-state index contributed by atoms with van der Waals surface area (Å²) in [4.78, 5) is 27.1. The first-order valence-electron chi connectivity index (χ1n) is 12.5. The Balaban J connectivity index is 1.58. The van der Waals surface area contributed by atoms with Gasteiger partial charge in [0.1, 0.15) is 13.1 Å². The van der Waals surface area contributed by atoms with Gasteiger partial charge in [0.2, 0.25) is 0 Å². The Morgan fingerprint density at radius 2 is 1.58 bits per heavy atom. The van der Waals surface area contributed by atoms with Crippen LogP contribution in [0.3, 0.4) is 0 Å². The van der Waals surface area contributed by atoms with E-state index in [1.54, 1.807) is 0 Å². The number of morpholine rings is 2. The highest BCUT2D eigenvalue weighted by Crippen LogP contribution is 2.48. The molecule has 10 heteroatoms. The largest absolute Gasteiger partial charge is 0.871 e. The molecule has 0 saturated carbocycles. The number of aromatic nitrogens is 1. The lowest BCUT2D eigenvalue weighted by molar-refractivity contribution is -0.547. The van der Waals surface area contributed by atoms with Crippen molar-refractivity contribution < 1.29 is 24.0 Å². The van der Waals surface area contributed by atoms with Crippen molar-refractivity contribution in [3.63, 3.8) is 0 Å². The van der Waals surface area contributed by atoms with E-state index in [2.05, 4.69) is 51.0 Å². The smallest absolute Gasteiger partial charge is 0.359 e. The van der Waals surface area contributed by atoms with Crippen LogP contribution in [0.4, 0.5) is 5.13 Å². The van der Waals surface area contributed by atoms with E-state index in [0.717, 1.165) is 47.9 Å². The molecule has 5 rings (SSSR count). The lowest BCUT2D eigenvalue weighted by Crippen LogP contribution is -2.36. The van der Waals surface area contributed by atoms with Gasteiger partial charge in [-0.2, -0.15) is 0 Å². The molecular weight excluding hydrogens is 496 g/mol. The zero-order valence-electron chi connectivity index (χ0n) is 21.9. The second-order valence-electron chi connectivity index (χ2n) is 11.5. The highest BCUT2D eigenvalue weighted by molar-refractivity contribution is 8.18. The second-order valence-corrected chi connectivity index (χ2v) is 13.4. The maximum atomic E-state index is 13.7. The molecule has 1 aliphatic carbocycles. The minimum atomic E-state index is -0.301. The van der Waals surface area contributed by atoms with Crippen LogP contribution in [0.2, 0.25) is 0 Å². The number of ether oxygens (including phenoxy) is 2. The molecule has 1 aromatic heterocycles. The molecule has 36 heavy (non-hydrogen) atoms. The van der Waals surface area contributed by atoms with Gasteiger partial charge >= 0.3 is 5.17 Å². The number of Topliss-reactive ketones (excluding diaryl/α,β-unsaturated/α-hetero) is 1. The molecule has 4 heterocycles. The third-order valence-electron chi connectivity index (χ3n) is 6.58. The van der Waals surface area contributed by atoms with Gasteiger partial charge in [0.15, 0.2) is 16.6 Å². The maximum absolute atomic E-state index is 13.7.